The van der Waals surface area contributed by atoms with E-state index < -0.39 is 0 Å². The Morgan fingerprint density at radius 1 is 1.00 bits per heavy atom. The molecular weight excluding hydrogens is 402 g/mol. The van der Waals surface area contributed by atoms with Gasteiger partial charge in [-0.3, -0.25) is 14.4 Å². The maximum atomic E-state index is 4.89. The Labute approximate surface area is 188 Å². The van der Waals surface area contributed by atoms with Crippen LogP contribution in [0.15, 0.2) is 85.3 Å². The van der Waals surface area contributed by atoms with Crippen LogP contribution in [-0.2, 0) is 6.54 Å². The SMILES string of the molecule is CNSCCN(C)c1ccc(-c2ccccc2)cc1-c1ccn(Cc2cccnc2)n1. The molecule has 4 rings (SSSR count). The fourth-order valence-corrected chi connectivity index (χ4v) is 4.13. The van der Waals surface area contributed by atoms with Crippen molar-refractivity contribution in [2.45, 2.75) is 6.54 Å². The van der Waals surface area contributed by atoms with Crippen LogP contribution in [0.2, 0.25) is 0 Å². The van der Waals surface area contributed by atoms with E-state index in [1.807, 2.05) is 36.3 Å². The largest absolute Gasteiger partial charge is 0.373 e. The molecule has 2 heterocycles. The maximum absolute atomic E-state index is 4.89. The van der Waals surface area contributed by atoms with Crippen LogP contribution in [0.4, 0.5) is 5.69 Å². The Morgan fingerprint density at radius 3 is 2.65 bits per heavy atom. The molecule has 158 valence electrons. The number of aromatic nitrogens is 3. The van der Waals surface area contributed by atoms with E-state index in [9.17, 15) is 0 Å². The molecule has 0 fully saturated rings. The van der Waals surface area contributed by atoms with Gasteiger partial charge in [0, 0.05) is 49.2 Å². The van der Waals surface area contributed by atoms with Gasteiger partial charge in [0.05, 0.1) is 12.2 Å². The maximum Gasteiger partial charge on any atom is 0.0944 e. The quantitative estimate of drug-likeness (QED) is 0.301. The van der Waals surface area contributed by atoms with Gasteiger partial charge in [0.15, 0.2) is 0 Å². The van der Waals surface area contributed by atoms with Gasteiger partial charge in [0.25, 0.3) is 0 Å². The van der Waals surface area contributed by atoms with Gasteiger partial charge in [0.2, 0.25) is 0 Å². The first kappa shape index (κ1) is 21.2. The topological polar surface area (TPSA) is 46.0 Å². The van der Waals surface area contributed by atoms with Crippen molar-refractivity contribution in [2.24, 2.45) is 0 Å². The Bertz CT molecular complexity index is 1100. The Kier molecular flexibility index (Phi) is 7.02. The molecule has 0 amide bonds. The van der Waals surface area contributed by atoms with Gasteiger partial charge < -0.3 is 4.90 Å². The van der Waals surface area contributed by atoms with Gasteiger partial charge >= 0.3 is 0 Å². The summed E-state index contributed by atoms with van der Waals surface area (Å²) in [5, 5.41) is 4.89. The molecular formula is C25H27N5S. The summed E-state index contributed by atoms with van der Waals surface area (Å²) in [5.41, 5.74) is 6.84. The minimum absolute atomic E-state index is 0.705. The lowest BCUT2D eigenvalue weighted by Gasteiger charge is -2.22. The van der Waals surface area contributed by atoms with E-state index in [0.717, 1.165) is 29.1 Å². The second-order valence-corrected chi connectivity index (χ2v) is 8.44. The van der Waals surface area contributed by atoms with E-state index >= 15 is 0 Å². The molecule has 0 saturated heterocycles. The van der Waals surface area contributed by atoms with Gasteiger partial charge in [-0.1, -0.05) is 54.4 Å². The van der Waals surface area contributed by atoms with Crippen LogP contribution >= 0.6 is 11.9 Å². The number of rotatable bonds is 9. The number of hydrogen-bond acceptors (Lipinski definition) is 5. The molecule has 0 radical (unpaired) electrons. The summed E-state index contributed by atoms with van der Waals surface area (Å²) >= 11 is 1.72. The fourth-order valence-electron chi connectivity index (χ4n) is 3.56. The lowest BCUT2D eigenvalue weighted by Crippen LogP contribution is -2.22. The van der Waals surface area contributed by atoms with E-state index in [1.54, 1.807) is 18.1 Å². The first-order chi connectivity index (χ1) is 15.2. The zero-order valence-electron chi connectivity index (χ0n) is 17.9. The lowest BCUT2D eigenvalue weighted by molar-refractivity contribution is 0.687. The molecule has 2 aromatic heterocycles. The number of benzene rings is 2. The minimum Gasteiger partial charge on any atom is -0.373 e. The Morgan fingerprint density at radius 2 is 1.87 bits per heavy atom. The van der Waals surface area contributed by atoms with Crippen LogP contribution in [0, 0.1) is 0 Å². The minimum atomic E-state index is 0.705. The standard InChI is InChI=1S/C25H27N5S/c1-26-31-16-15-29(2)25-11-10-22(21-8-4-3-5-9-21)17-23(25)24-12-14-30(28-24)19-20-7-6-13-27-18-20/h3-14,17-18,26H,15-16,19H2,1-2H3. The monoisotopic (exact) mass is 429 g/mol. The van der Waals surface area contributed by atoms with Gasteiger partial charge in [-0.2, -0.15) is 5.10 Å². The summed E-state index contributed by atoms with van der Waals surface area (Å²) in [4.78, 5) is 6.51. The molecule has 0 atom stereocenters. The fraction of sp³-hybridized carbons (Fsp3) is 0.200. The van der Waals surface area contributed by atoms with Crippen molar-refractivity contribution < 1.29 is 0 Å². The number of pyridine rings is 1. The molecule has 0 saturated carbocycles. The van der Waals surface area contributed by atoms with E-state index in [1.165, 1.54) is 16.8 Å². The third-order valence-electron chi connectivity index (χ3n) is 5.17. The molecule has 0 aliphatic carbocycles. The molecule has 0 spiro atoms. The van der Waals surface area contributed by atoms with Crippen molar-refractivity contribution >= 4 is 17.6 Å². The zero-order valence-corrected chi connectivity index (χ0v) is 18.7. The first-order valence-corrected chi connectivity index (χ1v) is 11.3. The average molecular weight is 430 g/mol. The highest BCUT2D eigenvalue weighted by molar-refractivity contribution is 7.97. The summed E-state index contributed by atoms with van der Waals surface area (Å²) in [7, 11) is 4.10. The van der Waals surface area contributed by atoms with Crippen molar-refractivity contribution in [1.29, 1.82) is 0 Å². The summed E-state index contributed by atoms with van der Waals surface area (Å²) < 4.78 is 5.12. The Hall–Kier alpha value is -3.09. The molecule has 1 N–H and O–H groups in total. The molecule has 6 heteroatoms. The van der Waals surface area contributed by atoms with E-state index in [-0.39, 0.29) is 0 Å². The van der Waals surface area contributed by atoms with Crippen molar-refractivity contribution in [2.75, 3.05) is 31.3 Å². The molecule has 5 nitrogen and oxygen atoms in total. The van der Waals surface area contributed by atoms with Gasteiger partial charge in [-0.05, 0) is 48.0 Å². The summed E-state index contributed by atoms with van der Waals surface area (Å²) in [6, 6.07) is 23.3. The zero-order chi connectivity index (χ0) is 21.5. The van der Waals surface area contributed by atoms with Gasteiger partial charge in [0.1, 0.15) is 0 Å². The van der Waals surface area contributed by atoms with E-state index in [4.69, 9.17) is 5.10 Å². The third kappa shape index (κ3) is 5.34. The van der Waals surface area contributed by atoms with Crippen molar-refractivity contribution in [1.82, 2.24) is 19.5 Å². The van der Waals surface area contributed by atoms with Crippen LogP contribution < -0.4 is 9.62 Å². The molecule has 4 aromatic rings. The van der Waals surface area contributed by atoms with Crippen LogP contribution in [0.3, 0.4) is 0 Å². The number of hydrogen-bond donors (Lipinski definition) is 1. The van der Waals surface area contributed by atoms with Crippen molar-refractivity contribution in [3.63, 3.8) is 0 Å². The van der Waals surface area contributed by atoms with Crippen molar-refractivity contribution in [3.05, 3.63) is 90.9 Å². The summed E-state index contributed by atoms with van der Waals surface area (Å²) in [6.07, 6.45) is 5.72. The lowest BCUT2D eigenvalue weighted by atomic mass is 10.00. The first-order valence-electron chi connectivity index (χ1n) is 10.4. The number of anilines is 1. The smallest absolute Gasteiger partial charge is 0.0944 e. The summed E-state index contributed by atoms with van der Waals surface area (Å²) in [5.74, 6) is 1.00. The molecule has 0 bridgehead atoms. The highest BCUT2D eigenvalue weighted by Crippen LogP contribution is 2.34. The molecule has 0 unspecified atom stereocenters. The van der Waals surface area contributed by atoms with Crippen LogP contribution in [-0.4, -0.2) is 41.2 Å². The van der Waals surface area contributed by atoms with Crippen LogP contribution in [0.5, 0.6) is 0 Å². The van der Waals surface area contributed by atoms with E-state index in [2.05, 4.69) is 76.3 Å². The molecule has 0 aliphatic rings. The normalized spacial score (nSPS) is 10.9. The average Bonchev–Trinajstić information content (AvgIpc) is 3.28. The second kappa shape index (κ2) is 10.3. The number of nitrogens with one attached hydrogen (secondary N) is 1. The molecule has 31 heavy (non-hydrogen) atoms. The summed E-state index contributed by atoms with van der Waals surface area (Å²) in [6.45, 7) is 1.65. The van der Waals surface area contributed by atoms with Gasteiger partial charge in [-0.15, -0.1) is 0 Å². The molecule has 0 aliphatic heterocycles. The predicted octanol–water partition coefficient (Wildman–Crippen LogP) is 4.96. The van der Waals surface area contributed by atoms with Gasteiger partial charge in [-0.25, -0.2) is 0 Å². The predicted molar refractivity (Wildman–Crippen MR) is 131 cm³/mol. The highest BCUT2D eigenvalue weighted by Gasteiger charge is 2.14. The third-order valence-corrected chi connectivity index (χ3v) is 5.85. The van der Waals surface area contributed by atoms with Crippen LogP contribution in [0.1, 0.15) is 5.56 Å². The molecule has 2 aromatic carbocycles. The van der Waals surface area contributed by atoms with E-state index in [0.29, 0.717) is 6.54 Å². The number of nitrogens with zero attached hydrogens (tertiary/aromatic N) is 4. The highest BCUT2D eigenvalue weighted by atomic mass is 32.2. The Balaban J connectivity index is 1.67. The second-order valence-electron chi connectivity index (χ2n) is 7.33. The van der Waals surface area contributed by atoms with Crippen LogP contribution in [0.25, 0.3) is 22.4 Å². The van der Waals surface area contributed by atoms with Crippen molar-refractivity contribution in [3.8, 4) is 22.4 Å².